The molecule has 1 atom stereocenters. The lowest BCUT2D eigenvalue weighted by Gasteiger charge is -2.16. The molecule has 1 heterocycles. The van der Waals surface area contributed by atoms with Gasteiger partial charge in [0.05, 0.1) is 41.2 Å². The zero-order chi connectivity index (χ0) is 23.5. The van der Waals surface area contributed by atoms with Crippen molar-refractivity contribution >= 4 is 5.97 Å². The molecule has 0 fully saturated rings. The van der Waals surface area contributed by atoms with Crippen LogP contribution < -0.4 is 5.73 Å². The number of ether oxygens (including phenoxy) is 1. The largest absolute Gasteiger partial charge is 0.465 e. The smallest absolute Gasteiger partial charge is 0.416 e. The van der Waals surface area contributed by atoms with E-state index in [-0.39, 0.29) is 0 Å². The highest BCUT2D eigenvalue weighted by Gasteiger charge is 2.29. The summed E-state index contributed by atoms with van der Waals surface area (Å²) in [5, 5.41) is 0. The van der Waals surface area contributed by atoms with Gasteiger partial charge < -0.3 is 10.5 Å². The van der Waals surface area contributed by atoms with Crippen molar-refractivity contribution in [3.63, 3.8) is 0 Å². The number of methoxy groups -OCH3 is 1. The van der Waals surface area contributed by atoms with Crippen LogP contribution in [0.15, 0.2) is 48.5 Å². The third-order valence-electron chi connectivity index (χ3n) is 4.76. The minimum atomic E-state index is -4.41. The lowest BCUT2D eigenvalue weighted by atomic mass is 9.98. The molecule has 2 aromatic carbocycles. The molecule has 32 heavy (non-hydrogen) atoms. The molecule has 1 aromatic heterocycles. The van der Waals surface area contributed by atoms with Crippen LogP contribution in [0, 0.1) is 25.7 Å². The maximum Gasteiger partial charge on any atom is 0.416 e. The minimum Gasteiger partial charge on any atom is -0.465 e. The second-order valence-corrected chi connectivity index (χ2v) is 7.03. The Morgan fingerprint density at radius 1 is 1.00 bits per heavy atom. The van der Waals surface area contributed by atoms with Crippen molar-refractivity contribution in [2.24, 2.45) is 5.73 Å². The maximum absolute atomic E-state index is 12.8. The Bertz CT molecular complexity index is 1190. The number of benzene rings is 2. The van der Waals surface area contributed by atoms with Gasteiger partial charge in [0, 0.05) is 5.56 Å². The van der Waals surface area contributed by atoms with E-state index >= 15 is 0 Å². The molecule has 0 bridgehead atoms. The summed E-state index contributed by atoms with van der Waals surface area (Å²) in [6, 6.07) is 10.6. The van der Waals surface area contributed by atoms with Gasteiger partial charge in [0.1, 0.15) is 5.82 Å². The molecule has 0 amide bonds. The van der Waals surface area contributed by atoms with Gasteiger partial charge in [0.25, 0.3) is 0 Å². The fraction of sp³-hybridized carbons (Fsp3) is 0.208. The van der Waals surface area contributed by atoms with Crippen LogP contribution >= 0.6 is 0 Å². The molecule has 5 nitrogen and oxygen atoms in total. The zero-order valence-electron chi connectivity index (χ0n) is 17.6. The van der Waals surface area contributed by atoms with Crippen LogP contribution in [0.2, 0.25) is 0 Å². The first-order chi connectivity index (χ1) is 15.1. The number of halogens is 3. The minimum absolute atomic E-state index is 0.390. The monoisotopic (exact) mass is 439 g/mol. The summed E-state index contributed by atoms with van der Waals surface area (Å²) < 4.78 is 43.0. The van der Waals surface area contributed by atoms with Gasteiger partial charge in [-0.3, -0.25) is 0 Å². The van der Waals surface area contributed by atoms with E-state index in [1.165, 1.54) is 19.2 Å². The molecule has 1 unspecified atom stereocenters. The average molecular weight is 439 g/mol. The highest BCUT2D eigenvalue weighted by atomic mass is 19.4. The van der Waals surface area contributed by atoms with Crippen LogP contribution in [0.3, 0.4) is 0 Å². The number of rotatable bonds is 3. The van der Waals surface area contributed by atoms with Crippen molar-refractivity contribution < 1.29 is 22.7 Å². The first kappa shape index (κ1) is 23.0. The molecular weight excluding hydrogens is 419 g/mol. The maximum atomic E-state index is 12.8. The molecular formula is C24H20F3N3O2. The fourth-order valence-electron chi connectivity index (χ4n) is 3.10. The van der Waals surface area contributed by atoms with E-state index in [0.717, 1.165) is 12.1 Å². The molecule has 0 spiro atoms. The summed E-state index contributed by atoms with van der Waals surface area (Å²) >= 11 is 0. The summed E-state index contributed by atoms with van der Waals surface area (Å²) in [5.41, 5.74) is 8.81. The number of hydrogen-bond donors (Lipinski definition) is 1. The average Bonchev–Trinajstić information content (AvgIpc) is 2.76. The number of aromatic nitrogens is 2. The summed E-state index contributed by atoms with van der Waals surface area (Å²) in [7, 11) is 1.30. The molecule has 8 heteroatoms. The van der Waals surface area contributed by atoms with Gasteiger partial charge in [-0.25, -0.2) is 14.8 Å². The van der Waals surface area contributed by atoms with Crippen LogP contribution in [0.4, 0.5) is 13.2 Å². The first-order valence-corrected chi connectivity index (χ1v) is 9.58. The Labute approximate surface area is 183 Å². The third-order valence-corrected chi connectivity index (χ3v) is 4.76. The molecule has 0 saturated carbocycles. The molecule has 0 aliphatic heterocycles. The number of alkyl halides is 3. The van der Waals surface area contributed by atoms with Crippen LogP contribution in [-0.2, 0) is 10.9 Å². The number of hydrogen-bond acceptors (Lipinski definition) is 5. The number of carbonyl (C=O) groups is 1. The first-order valence-electron chi connectivity index (χ1n) is 9.58. The highest BCUT2D eigenvalue weighted by Crippen LogP contribution is 2.29. The van der Waals surface area contributed by atoms with Gasteiger partial charge in [-0.1, -0.05) is 24.0 Å². The van der Waals surface area contributed by atoms with E-state index < -0.39 is 23.8 Å². The predicted molar refractivity (Wildman–Crippen MR) is 113 cm³/mol. The Kier molecular flexibility index (Phi) is 6.61. The molecule has 164 valence electrons. The van der Waals surface area contributed by atoms with Gasteiger partial charge in [-0.05, 0) is 55.8 Å². The van der Waals surface area contributed by atoms with Gasteiger partial charge in [-0.15, -0.1) is 0 Å². The Morgan fingerprint density at radius 2 is 1.62 bits per heavy atom. The van der Waals surface area contributed by atoms with E-state index in [1.807, 2.05) is 0 Å². The van der Waals surface area contributed by atoms with Crippen molar-refractivity contribution in [1.82, 2.24) is 9.97 Å². The number of esters is 1. The van der Waals surface area contributed by atoms with Crippen LogP contribution in [0.25, 0.3) is 0 Å². The lowest BCUT2D eigenvalue weighted by molar-refractivity contribution is -0.137. The molecule has 0 radical (unpaired) electrons. The van der Waals surface area contributed by atoms with Crippen molar-refractivity contribution in [3.8, 4) is 11.8 Å². The van der Waals surface area contributed by atoms with Crippen LogP contribution in [-0.4, -0.2) is 23.0 Å². The normalized spacial score (nSPS) is 12.0. The van der Waals surface area contributed by atoms with Gasteiger partial charge in [-0.2, -0.15) is 13.2 Å². The second-order valence-electron chi connectivity index (χ2n) is 7.03. The van der Waals surface area contributed by atoms with E-state index in [0.29, 0.717) is 39.5 Å². The lowest BCUT2D eigenvalue weighted by Crippen LogP contribution is -2.18. The molecule has 2 N–H and O–H groups in total. The van der Waals surface area contributed by atoms with E-state index in [9.17, 15) is 18.0 Å². The Morgan fingerprint density at radius 3 is 2.19 bits per heavy atom. The molecule has 0 saturated heterocycles. The standard InChI is InChI=1S/C24H20F3N3O2/c1-14-20(13-6-16-4-11-19(12-5-16)24(25,26)27)22(30-15(2)29-14)21(28)17-7-9-18(10-8-17)23(31)32-3/h4-5,7-12,21H,28H2,1-3H3. The molecule has 0 aliphatic carbocycles. The summed E-state index contributed by atoms with van der Waals surface area (Å²) in [4.78, 5) is 20.5. The van der Waals surface area contributed by atoms with Gasteiger partial charge in [0.2, 0.25) is 0 Å². The van der Waals surface area contributed by atoms with Crippen molar-refractivity contribution in [2.45, 2.75) is 26.1 Å². The van der Waals surface area contributed by atoms with Crippen LogP contribution in [0.1, 0.15) is 55.9 Å². The molecule has 0 aliphatic rings. The summed E-state index contributed by atoms with van der Waals surface area (Å²) in [6.07, 6.45) is -4.41. The van der Waals surface area contributed by atoms with E-state index in [2.05, 4.69) is 21.8 Å². The van der Waals surface area contributed by atoms with Crippen molar-refractivity contribution in [3.05, 3.63) is 93.6 Å². The van der Waals surface area contributed by atoms with E-state index in [4.69, 9.17) is 10.5 Å². The number of aryl methyl sites for hydroxylation is 2. The van der Waals surface area contributed by atoms with Gasteiger partial charge in [0.15, 0.2) is 0 Å². The Balaban J connectivity index is 1.97. The molecule has 3 aromatic rings. The molecule has 3 rings (SSSR count). The quantitative estimate of drug-likeness (QED) is 0.485. The predicted octanol–water partition coefficient (Wildman–Crippen LogP) is 4.35. The van der Waals surface area contributed by atoms with Crippen LogP contribution in [0.5, 0.6) is 0 Å². The Hall–Kier alpha value is -3.70. The van der Waals surface area contributed by atoms with Crippen molar-refractivity contribution in [2.75, 3.05) is 7.11 Å². The zero-order valence-corrected chi connectivity index (χ0v) is 17.6. The topological polar surface area (TPSA) is 78.1 Å². The summed E-state index contributed by atoms with van der Waals surface area (Å²) in [6.45, 7) is 3.50. The van der Waals surface area contributed by atoms with Gasteiger partial charge >= 0.3 is 12.1 Å². The summed E-state index contributed by atoms with van der Waals surface area (Å²) in [5.74, 6) is 5.88. The number of nitrogens with zero attached hydrogens (tertiary/aromatic N) is 2. The SMILES string of the molecule is COC(=O)c1ccc(C(N)c2nc(C)nc(C)c2C#Cc2ccc(C(F)(F)F)cc2)cc1. The van der Waals surface area contributed by atoms with E-state index in [1.54, 1.807) is 38.1 Å². The second kappa shape index (κ2) is 9.20. The number of carbonyl (C=O) groups excluding carboxylic acids is 1. The number of nitrogens with two attached hydrogens (primary N) is 1. The van der Waals surface area contributed by atoms with Crippen molar-refractivity contribution in [1.29, 1.82) is 0 Å². The highest BCUT2D eigenvalue weighted by molar-refractivity contribution is 5.89. The third kappa shape index (κ3) is 5.13. The fourth-order valence-corrected chi connectivity index (χ4v) is 3.10.